The number of fused-ring (bicyclic) bond motifs is 1. The zero-order chi connectivity index (χ0) is 11.1. The van der Waals surface area contributed by atoms with Gasteiger partial charge in [0, 0.05) is 25.2 Å². The summed E-state index contributed by atoms with van der Waals surface area (Å²) in [6.07, 6.45) is 4.35. The summed E-state index contributed by atoms with van der Waals surface area (Å²) >= 11 is 0. The van der Waals surface area contributed by atoms with Crippen molar-refractivity contribution in [2.45, 2.75) is 25.8 Å². The van der Waals surface area contributed by atoms with Gasteiger partial charge in [0.1, 0.15) is 5.82 Å². The highest BCUT2D eigenvalue weighted by Crippen LogP contribution is 2.16. The Morgan fingerprint density at radius 3 is 2.80 bits per heavy atom. The van der Waals surface area contributed by atoms with Gasteiger partial charge >= 0.3 is 0 Å². The van der Waals surface area contributed by atoms with Crippen molar-refractivity contribution in [3.05, 3.63) is 24.3 Å². The maximum absolute atomic E-state index is 5.99. The fourth-order valence-electron chi connectivity index (χ4n) is 1.65. The van der Waals surface area contributed by atoms with Gasteiger partial charge in [-0.25, -0.2) is 4.98 Å². The molecule has 15 heavy (non-hydrogen) atoms. The number of hydrogen-bond acceptors (Lipinski definition) is 3. The summed E-state index contributed by atoms with van der Waals surface area (Å²) < 4.78 is 2.05. The summed E-state index contributed by atoms with van der Waals surface area (Å²) in [7, 11) is 2.00. The van der Waals surface area contributed by atoms with Crippen molar-refractivity contribution in [3.8, 4) is 0 Å². The number of aromatic nitrogens is 3. The van der Waals surface area contributed by atoms with Gasteiger partial charge in [-0.15, -0.1) is 0 Å². The minimum absolute atomic E-state index is 0.234. The molecule has 0 unspecified atom stereocenters. The molecule has 2 aromatic heterocycles. The third kappa shape index (κ3) is 1.99. The van der Waals surface area contributed by atoms with E-state index < -0.39 is 0 Å². The van der Waals surface area contributed by atoms with E-state index >= 15 is 0 Å². The van der Waals surface area contributed by atoms with Gasteiger partial charge in [-0.1, -0.05) is 0 Å². The van der Waals surface area contributed by atoms with Crippen LogP contribution in [0.4, 0.5) is 0 Å². The first kappa shape index (κ1) is 10.1. The molecule has 2 N–H and O–H groups in total. The molecule has 4 heteroatoms. The molecule has 0 spiro atoms. The van der Waals surface area contributed by atoms with Crippen LogP contribution in [0.25, 0.3) is 11.0 Å². The lowest BCUT2D eigenvalue weighted by Crippen LogP contribution is -2.35. The number of nitrogens with two attached hydrogens (primary N) is 1. The Morgan fingerprint density at radius 1 is 1.47 bits per heavy atom. The summed E-state index contributed by atoms with van der Waals surface area (Å²) in [6.45, 7) is 4.01. The van der Waals surface area contributed by atoms with Crippen molar-refractivity contribution < 1.29 is 0 Å². The highest BCUT2D eigenvalue weighted by atomic mass is 15.1. The van der Waals surface area contributed by atoms with Crippen LogP contribution in [0.15, 0.2) is 18.5 Å². The maximum Gasteiger partial charge on any atom is 0.111 e. The molecule has 4 nitrogen and oxygen atoms in total. The zero-order valence-corrected chi connectivity index (χ0v) is 9.36. The molecule has 0 aromatic carbocycles. The lowest BCUT2D eigenvalue weighted by atomic mass is 10.0. The summed E-state index contributed by atoms with van der Waals surface area (Å²) in [4.78, 5) is 8.63. The molecule has 0 atom stereocenters. The Bertz CT molecular complexity index is 479. The van der Waals surface area contributed by atoms with Crippen molar-refractivity contribution >= 4 is 11.0 Å². The van der Waals surface area contributed by atoms with Crippen molar-refractivity contribution in [2.24, 2.45) is 12.8 Å². The molecule has 2 rings (SSSR count). The topological polar surface area (TPSA) is 56.7 Å². The van der Waals surface area contributed by atoms with Gasteiger partial charge in [-0.2, -0.15) is 0 Å². The van der Waals surface area contributed by atoms with E-state index in [1.807, 2.05) is 33.2 Å². The lowest BCUT2D eigenvalue weighted by molar-refractivity contribution is 0.495. The Kier molecular flexibility index (Phi) is 2.23. The van der Waals surface area contributed by atoms with Crippen LogP contribution in [-0.4, -0.2) is 20.1 Å². The van der Waals surface area contributed by atoms with E-state index in [0.717, 1.165) is 23.3 Å². The van der Waals surface area contributed by atoms with Crippen LogP contribution >= 0.6 is 0 Å². The van der Waals surface area contributed by atoms with E-state index in [4.69, 9.17) is 5.73 Å². The summed E-state index contributed by atoms with van der Waals surface area (Å²) in [5.74, 6) is 1.01. The molecular weight excluding hydrogens is 188 g/mol. The van der Waals surface area contributed by atoms with Gasteiger partial charge < -0.3 is 10.3 Å². The first-order valence-corrected chi connectivity index (χ1v) is 5.01. The van der Waals surface area contributed by atoms with Crippen LogP contribution in [0, 0.1) is 0 Å². The molecule has 0 aliphatic rings. The second-order valence-corrected chi connectivity index (χ2v) is 4.62. The van der Waals surface area contributed by atoms with Crippen LogP contribution in [0.2, 0.25) is 0 Å². The minimum atomic E-state index is -0.234. The maximum atomic E-state index is 5.99. The van der Waals surface area contributed by atoms with E-state index in [-0.39, 0.29) is 5.54 Å². The third-order valence-electron chi connectivity index (χ3n) is 2.39. The molecule has 0 amide bonds. The molecule has 0 aliphatic carbocycles. The summed E-state index contributed by atoms with van der Waals surface area (Å²) in [5, 5.41) is 0. The molecule has 80 valence electrons. The van der Waals surface area contributed by atoms with Gasteiger partial charge in [0.05, 0.1) is 17.2 Å². The van der Waals surface area contributed by atoms with Crippen molar-refractivity contribution in [3.63, 3.8) is 0 Å². The molecule has 0 fully saturated rings. The highest BCUT2D eigenvalue weighted by Gasteiger charge is 2.16. The molecule has 2 heterocycles. The predicted molar refractivity (Wildman–Crippen MR) is 60.5 cm³/mol. The second kappa shape index (κ2) is 3.31. The average Bonchev–Trinajstić information content (AvgIpc) is 2.42. The van der Waals surface area contributed by atoms with Gasteiger partial charge in [0.15, 0.2) is 0 Å². The quantitative estimate of drug-likeness (QED) is 0.801. The lowest BCUT2D eigenvalue weighted by Gasteiger charge is -2.17. The van der Waals surface area contributed by atoms with E-state index in [1.165, 1.54) is 0 Å². The number of rotatable bonds is 2. The van der Waals surface area contributed by atoms with Crippen molar-refractivity contribution in [1.82, 2.24) is 14.5 Å². The number of nitrogens with zero attached hydrogens (tertiary/aromatic N) is 3. The van der Waals surface area contributed by atoms with Crippen LogP contribution < -0.4 is 5.73 Å². The molecule has 0 radical (unpaired) electrons. The standard InChI is InChI=1S/C11H16N4/c1-11(2,12)6-10-14-8-4-5-13-7-9(8)15(10)3/h4-5,7H,6,12H2,1-3H3. The second-order valence-electron chi connectivity index (χ2n) is 4.62. The minimum Gasteiger partial charge on any atom is -0.330 e. The molecular formula is C11H16N4. The van der Waals surface area contributed by atoms with Crippen LogP contribution in [0.3, 0.4) is 0 Å². The number of aryl methyl sites for hydroxylation is 1. The average molecular weight is 204 g/mol. The third-order valence-corrected chi connectivity index (χ3v) is 2.39. The normalized spacial score (nSPS) is 12.3. The van der Waals surface area contributed by atoms with E-state index in [1.54, 1.807) is 6.20 Å². The first-order chi connectivity index (χ1) is 6.97. The van der Waals surface area contributed by atoms with E-state index in [2.05, 4.69) is 14.5 Å². The van der Waals surface area contributed by atoms with Crippen LogP contribution in [0.5, 0.6) is 0 Å². The van der Waals surface area contributed by atoms with Crippen LogP contribution in [-0.2, 0) is 13.5 Å². The SMILES string of the molecule is Cn1c(CC(C)(C)N)nc2ccncc21. The number of pyridine rings is 1. The van der Waals surface area contributed by atoms with Gasteiger partial charge in [-0.3, -0.25) is 4.98 Å². The summed E-state index contributed by atoms with van der Waals surface area (Å²) in [6, 6.07) is 1.92. The zero-order valence-electron chi connectivity index (χ0n) is 9.36. The summed E-state index contributed by atoms with van der Waals surface area (Å²) in [5.41, 5.74) is 7.79. The van der Waals surface area contributed by atoms with Gasteiger partial charge in [0.2, 0.25) is 0 Å². The highest BCUT2D eigenvalue weighted by molar-refractivity contribution is 5.74. The fourth-order valence-corrected chi connectivity index (χ4v) is 1.65. The Hall–Kier alpha value is -1.42. The van der Waals surface area contributed by atoms with Crippen molar-refractivity contribution in [2.75, 3.05) is 0 Å². The largest absolute Gasteiger partial charge is 0.330 e. The Morgan fingerprint density at radius 2 is 2.20 bits per heavy atom. The molecule has 0 saturated heterocycles. The molecule has 0 saturated carbocycles. The molecule has 2 aromatic rings. The first-order valence-electron chi connectivity index (χ1n) is 5.01. The molecule has 0 bridgehead atoms. The molecule has 0 aliphatic heterocycles. The number of imidazole rings is 1. The Balaban J connectivity index is 2.49. The monoisotopic (exact) mass is 204 g/mol. The van der Waals surface area contributed by atoms with Crippen LogP contribution in [0.1, 0.15) is 19.7 Å². The number of hydrogen-bond donors (Lipinski definition) is 1. The van der Waals surface area contributed by atoms with E-state index in [9.17, 15) is 0 Å². The van der Waals surface area contributed by atoms with Gasteiger partial charge in [-0.05, 0) is 19.9 Å². The Labute approximate surface area is 89.1 Å². The predicted octanol–water partition coefficient (Wildman–Crippen LogP) is 1.25. The van der Waals surface area contributed by atoms with E-state index in [0.29, 0.717) is 0 Å². The fraction of sp³-hybridized carbons (Fsp3) is 0.455. The van der Waals surface area contributed by atoms with Gasteiger partial charge in [0.25, 0.3) is 0 Å². The van der Waals surface area contributed by atoms with Crippen molar-refractivity contribution in [1.29, 1.82) is 0 Å². The smallest absolute Gasteiger partial charge is 0.111 e.